The smallest absolute Gasteiger partial charge is 0.256 e. The van der Waals surface area contributed by atoms with Gasteiger partial charge in [-0.2, -0.15) is 0 Å². The zero-order valence-corrected chi connectivity index (χ0v) is 15.6. The molecule has 3 aromatic rings. The van der Waals surface area contributed by atoms with Crippen LogP contribution in [0.5, 0.6) is 0 Å². The average Bonchev–Trinajstić information content (AvgIpc) is 3.34. The number of fused-ring (bicyclic) bond motifs is 1. The van der Waals surface area contributed by atoms with E-state index in [9.17, 15) is 4.79 Å². The lowest BCUT2D eigenvalue weighted by atomic mass is 10.0. The quantitative estimate of drug-likeness (QED) is 0.674. The molecular formula is C22H23ClN2O. The Hall–Kier alpha value is -2.36. The maximum absolute atomic E-state index is 12.7. The predicted octanol–water partition coefficient (Wildman–Crippen LogP) is 5.11. The van der Waals surface area contributed by atoms with Crippen LogP contribution in [0.2, 0.25) is 0 Å². The number of carbonyl (C=O) groups is 1. The van der Waals surface area contributed by atoms with Crippen molar-refractivity contribution < 1.29 is 4.79 Å². The summed E-state index contributed by atoms with van der Waals surface area (Å²) in [6.07, 6.45) is 2.04. The third-order valence-corrected chi connectivity index (χ3v) is 5.38. The molecule has 0 radical (unpaired) electrons. The van der Waals surface area contributed by atoms with E-state index in [1.54, 1.807) is 0 Å². The maximum atomic E-state index is 12.7. The number of hydrogen-bond acceptors (Lipinski definition) is 2. The molecule has 4 heteroatoms. The molecule has 0 spiro atoms. The van der Waals surface area contributed by atoms with Gasteiger partial charge in [-0.05, 0) is 47.4 Å². The molecule has 1 amide bonds. The lowest BCUT2D eigenvalue weighted by molar-refractivity contribution is 0.102. The molecule has 1 aliphatic carbocycles. The molecule has 4 rings (SSSR count). The second-order valence-electron chi connectivity index (χ2n) is 6.95. The predicted molar refractivity (Wildman–Crippen MR) is 110 cm³/mol. The van der Waals surface area contributed by atoms with Crippen molar-refractivity contribution in [2.45, 2.75) is 31.2 Å². The topological polar surface area (TPSA) is 55.1 Å². The number of nitrogens with one attached hydrogen (secondary N) is 1. The van der Waals surface area contributed by atoms with Gasteiger partial charge < -0.3 is 11.1 Å². The third-order valence-electron chi connectivity index (χ3n) is 5.38. The molecule has 0 bridgehead atoms. The molecule has 2 atom stereocenters. The van der Waals surface area contributed by atoms with E-state index in [0.717, 1.165) is 29.3 Å². The summed E-state index contributed by atoms with van der Waals surface area (Å²) in [6, 6.07) is 21.8. The summed E-state index contributed by atoms with van der Waals surface area (Å²) in [5.74, 6) is 0.359. The Morgan fingerprint density at radius 2 is 1.77 bits per heavy atom. The molecule has 0 heterocycles. The zero-order valence-electron chi connectivity index (χ0n) is 14.7. The van der Waals surface area contributed by atoms with Crippen LogP contribution >= 0.6 is 12.4 Å². The maximum Gasteiger partial charge on any atom is 0.256 e. The Labute approximate surface area is 160 Å². The van der Waals surface area contributed by atoms with Crippen molar-refractivity contribution >= 4 is 34.8 Å². The number of nitrogens with two attached hydrogens (primary N) is 1. The van der Waals surface area contributed by atoms with Crippen molar-refractivity contribution in [2.24, 2.45) is 5.73 Å². The van der Waals surface area contributed by atoms with Crippen LogP contribution in [0, 0.1) is 0 Å². The summed E-state index contributed by atoms with van der Waals surface area (Å²) < 4.78 is 0. The number of carbonyl (C=O) groups excluding carboxylic acids is 1. The third kappa shape index (κ3) is 3.33. The molecule has 0 aliphatic heterocycles. The molecule has 1 fully saturated rings. The Morgan fingerprint density at radius 3 is 2.46 bits per heavy atom. The minimum atomic E-state index is -0.0855. The van der Waals surface area contributed by atoms with Gasteiger partial charge in [-0.15, -0.1) is 12.4 Å². The van der Waals surface area contributed by atoms with E-state index in [1.807, 2.05) is 54.6 Å². The summed E-state index contributed by atoms with van der Waals surface area (Å²) in [7, 11) is 0. The Morgan fingerprint density at radius 1 is 1.08 bits per heavy atom. The fourth-order valence-electron chi connectivity index (χ4n) is 3.58. The van der Waals surface area contributed by atoms with Gasteiger partial charge in [-0.25, -0.2) is 0 Å². The lowest BCUT2D eigenvalue weighted by Crippen LogP contribution is -2.22. The van der Waals surface area contributed by atoms with Crippen LogP contribution < -0.4 is 11.1 Å². The van der Waals surface area contributed by atoms with Crippen LogP contribution in [-0.4, -0.2) is 11.4 Å². The molecule has 3 N–H and O–H groups in total. The van der Waals surface area contributed by atoms with Gasteiger partial charge in [0.05, 0.1) is 0 Å². The SMILES string of the molecule is CC[C@]1(N)C[C@H]1c1ccc(NC(=O)c2cccc3ccccc23)cc1.Cl. The van der Waals surface area contributed by atoms with Crippen molar-refractivity contribution in [1.82, 2.24) is 0 Å². The second kappa shape index (κ2) is 7.10. The first-order chi connectivity index (χ1) is 12.1. The number of halogens is 1. The van der Waals surface area contributed by atoms with Gasteiger partial charge in [0.1, 0.15) is 0 Å². The fraction of sp³-hybridized carbons (Fsp3) is 0.227. The monoisotopic (exact) mass is 366 g/mol. The van der Waals surface area contributed by atoms with E-state index < -0.39 is 0 Å². The first-order valence-corrected chi connectivity index (χ1v) is 8.79. The van der Waals surface area contributed by atoms with Gasteiger partial charge in [0, 0.05) is 22.7 Å². The highest BCUT2D eigenvalue weighted by Gasteiger charge is 2.49. The zero-order chi connectivity index (χ0) is 17.4. The standard InChI is InChI=1S/C22H22N2O.ClH/c1-2-22(23)14-20(22)16-10-12-17(13-11-16)24-21(25)19-9-5-7-15-6-3-4-8-18(15)19;/h3-13,20H,2,14,23H2,1H3,(H,24,25);1H/t20-,22-;/m0./s1. The van der Waals surface area contributed by atoms with E-state index in [-0.39, 0.29) is 23.9 Å². The van der Waals surface area contributed by atoms with Crippen molar-refractivity contribution in [1.29, 1.82) is 0 Å². The molecular weight excluding hydrogens is 344 g/mol. The minimum Gasteiger partial charge on any atom is -0.325 e. The van der Waals surface area contributed by atoms with Crippen LogP contribution in [0.4, 0.5) is 5.69 Å². The Balaban J connectivity index is 0.00000196. The van der Waals surface area contributed by atoms with E-state index in [2.05, 4.69) is 24.4 Å². The Bertz CT molecular complexity index is 933. The first-order valence-electron chi connectivity index (χ1n) is 8.79. The van der Waals surface area contributed by atoms with Gasteiger partial charge in [-0.3, -0.25) is 4.79 Å². The molecule has 26 heavy (non-hydrogen) atoms. The van der Waals surface area contributed by atoms with Crippen molar-refractivity contribution in [3.8, 4) is 0 Å². The molecule has 0 unspecified atom stereocenters. The lowest BCUT2D eigenvalue weighted by Gasteiger charge is -2.10. The first kappa shape index (κ1) is 18.4. The van der Waals surface area contributed by atoms with E-state index in [4.69, 9.17) is 5.73 Å². The molecule has 1 saturated carbocycles. The van der Waals surface area contributed by atoms with Crippen LogP contribution in [0.3, 0.4) is 0 Å². The largest absolute Gasteiger partial charge is 0.325 e. The molecule has 3 aromatic carbocycles. The van der Waals surface area contributed by atoms with Gasteiger partial charge in [-0.1, -0.05) is 55.5 Å². The highest BCUT2D eigenvalue weighted by molar-refractivity contribution is 6.12. The molecule has 1 aliphatic rings. The highest BCUT2D eigenvalue weighted by atomic mass is 35.5. The summed E-state index contributed by atoms with van der Waals surface area (Å²) in [4.78, 5) is 12.7. The second-order valence-corrected chi connectivity index (χ2v) is 6.95. The Kier molecular flexibility index (Phi) is 5.03. The minimum absolute atomic E-state index is 0. The summed E-state index contributed by atoms with van der Waals surface area (Å²) >= 11 is 0. The summed E-state index contributed by atoms with van der Waals surface area (Å²) in [5, 5.41) is 5.03. The van der Waals surface area contributed by atoms with Crippen LogP contribution in [0.1, 0.15) is 41.6 Å². The number of hydrogen-bond donors (Lipinski definition) is 2. The summed E-state index contributed by atoms with van der Waals surface area (Å²) in [5.41, 5.74) is 9.02. The van der Waals surface area contributed by atoms with Crippen molar-refractivity contribution in [3.05, 3.63) is 77.9 Å². The average molecular weight is 367 g/mol. The van der Waals surface area contributed by atoms with Crippen LogP contribution in [-0.2, 0) is 0 Å². The fourth-order valence-corrected chi connectivity index (χ4v) is 3.58. The van der Waals surface area contributed by atoms with Crippen molar-refractivity contribution in [2.75, 3.05) is 5.32 Å². The van der Waals surface area contributed by atoms with E-state index in [0.29, 0.717) is 11.5 Å². The van der Waals surface area contributed by atoms with Gasteiger partial charge in [0.15, 0.2) is 0 Å². The summed E-state index contributed by atoms with van der Waals surface area (Å²) in [6.45, 7) is 2.14. The molecule has 0 saturated heterocycles. The molecule has 134 valence electrons. The number of anilines is 1. The number of benzene rings is 3. The van der Waals surface area contributed by atoms with Crippen LogP contribution in [0.25, 0.3) is 10.8 Å². The molecule has 3 nitrogen and oxygen atoms in total. The normalized spacial score (nSPS) is 21.1. The van der Waals surface area contributed by atoms with Gasteiger partial charge >= 0.3 is 0 Å². The van der Waals surface area contributed by atoms with Gasteiger partial charge in [0.25, 0.3) is 5.91 Å². The van der Waals surface area contributed by atoms with E-state index in [1.165, 1.54) is 5.56 Å². The van der Waals surface area contributed by atoms with Gasteiger partial charge in [0.2, 0.25) is 0 Å². The van der Waals surface area contributed by atoms with Crippen LogP contribution in [0.15, 0.2) is 66.7 Å². The highest BCUT2D eigenvalue weighted by Crippen LogP contribution is 2.51. The molecule has 0 aromatic heterocycles. The van der Waals surface area contributed by atoms with E-state index >= 15 is 0 Å². The van der Waals surface area contributed by atoms with Crippen molar-refractivity contribution in [3.63, 3.8) is 0 Å². The number of rotatable bonds is 4. The number of amides is 1.